The maximum Gasteiger partial charge on any atom is 0.318 e. The minimum atomic E-state index is -0.369. The lowest BCUT2D eigenvalue weighted by atomic mass is 9.68. The van der Waals surface area contributed by atoms with Gasteiger partial charge in [-0.25, -0.2) is 4.79 Å². The SMILES string of the molecule is CCCNC(=O)N1CC2(CCN(CC3CCCCC3)CC2)c2c([nH]c3cc(OC)ccc23)[C@@H]1CO. The normalized spacial score (nSPS) is 22.9. The van der Waals surface area contributed by atoms with E-state index in [-0.39, 0.29) is 24.1 Å². The number of hydrogen-bond donors (Lipinski definition) is 3. The fraction of sp³-hybridized carbons (Fsp3) is 0.679. The quantitative estimate of drug-likeness (QED) is 0.564. The summed E-state index contributed by atoms with van der Waals surface area (Å²) in [6.45, 7) is 6.60. The number of aliphatic hydroxyl groups excluding tert-OH is 1. The molecule has 2 aromatic rings. The van der Waals surface area contributed by atoms with Crippen LogP contribution in [0.15, 0.2) is 18.2 Å². The summed E-state index contributed by atoms with van der Waals surface area (Å²) in [5.41, 5.74) is 3.22. The molecule has 1 saturated carbocycles. The van der Waals surface area contributed by atoms with Gasteiger partial charge in [0, 0.05) is 47.7 Å². The molecule has 1 aliphatic carbocycles. The minimum absolute atomic E-state index is 0.0724. The van der Waals surface area contributed by atoms with Crippen LogP contribution in [0, 0.1) is 5.92 Å². The monoisotopic (exact) mass is 482 g/mol. The first kappa shape index (κ1) is 24.4. The number of nitrogens with one attached hydrogen (secondary N) is 2. The first-order valence-electron chi connectivity index (χ1n) is 13.7. The molecule has 0 bridgehead atoms. The lowest BCUT2D eigenvalue weighted by Crippen LogP contribution is -2.57. The zero-order valence-corrected chi connectivity index (χ0v) is 21.4. The Morgan fingerprint density at radius 2 is 2.00 bits per heavy atom. The van der Waals surface area contributed by atoms with Gasteiger partial charge in [0.15, 0.2) is 0 Å². The van der Waals surface area contributed by atoms with Crippen molar-refractivity contribution in [2.24, 2.45) is 5.92 Å². The lowest BCUT2D eigenvalue weighted by Gasteiger charge is -2.50. The Balaban J connectivity index is 1.48. The number of aromatic amines is 1. The Kier molecular flexibility index (Phi) is 7.26. The van der Waals surface area contributed by atoms with Crippen LogP contribution < -0.4 is 10.1 Å². The zero-order valence-electron chi connectivity index (χ0n) is 21.4. The van der Waals surface area contributed by atoms with E-state index in [1.165, 1.54) is 49.6 Å². The predicted octanol–water partition coefficient (Wildman–Crippen LogP) is 4.56. The number of aromatic nitrogens is 1. The molecular formula is C28H42N4O3. The number of rotatable bonds is 6. The second-order valence-corrected chi connectivity index (χ2v) is 11.0. The van der Waals surface area contributed by atoms with Gasteiger partial charge in [-0.1, -0.05) is 26.2 Å². The molecule has 35 heavy (non-hydrogen) atoms. The van der Waals surface area contributed by atoms with E-state index < -0.39 is 0 Å². The van der Waals surface area contributed by atoms with Gasteiger partial charge in [-0.3, -0.25) is 0 Å². The van der Waals surface area contributed by atoms with Crippen molar-refractivity contribution in [3.05, 3.63) is 29.5 Å². The number of fused-ring (bicyclic) bond motifs is 4. The molecule has 0 unspecified atom stereocenters. The Bertz CT molecular complexity index is 1020. The largest absolute Gasteiger partial charge is 0.497 e. The van der Waals surface area contributed by atoms with Crippen LogP contribution in [-0.2, 0) is 5.41 Å². The Labute approximate surface area is 209 Å². The van der Waals surface area contributed by atoms with Crippen molar-refractivity contribution in [1.29, 1.82) is 0 Å². The van der Waals surface area contributed by atoms with Gasteiger partial charge in [0.05, 0.1) is 19.8 Å². The summed E-state index contributed by atoms with van der Waals surface area (Å²) in [6.07, 6.45) is 9.86. The van der Waals surface area contributed by atoms with Crippen molar-refractivity contribution >= 4 is 16.9 Å². The number of urea groups is 1. The van der Waals surface area contributed by atoms with E-state index >= 15 is 0 Å². The van der Waals surface area contributed by atoms with Crippen molar-refractivity contribution in [3.63, 3.8) is 0 Å². The molecule has 2 fully saturated rings. The fourth-order valence-corrected chi connectivity index (χ4v) is 6.86. The van der Waals surface area contributed by atoms with E-state index in [4.69, 9.17) is 4.74 Å². The number of methoxy groups -OCH3 is 1. The van der Waals surface area contributed by atoms with Crippen LogP contribution >= 0.6 is 0 Å². The lowest BCUT2D eigenvalue weighted by molar-refractivity contribution is 0.0621. The second kappa shape index (κ2) is 10.4. The third kappa shape index (κ3) is 4.65. The minimum Gasteiger partial charge on any atom is -0.497 e. The number of amides is 2. The number of aliphatic hydroxyl groups is 1. The highest BCUT2D eigenvalue weighted by atomic mass is 16.5. The summed E-state index contributed by atoms with van der Waals surface area (Å²) in [5, 5.41) is 14.7. The third-order valence-corrected chi connectivity index (χ3v) is 8.76. The van der Waals surface area contributed by atoms with Gasteiger partial charge in [0.1, 0.15) is 5.75 Å². The number of piperidine rings is 1. The van der Waals surface area contributed by atoms with E-state index in [2.05, 4.69) is 28.2 Å². The molecule has 5 rings (SSSR count). The summed E-state index contributed by atoms with van der Waals surface area (Å²) in [7, 11) is 1.68. The van der Waals surface area contributed by atoms with Crippen molar-refractivity contribution in [3.8, 4) is 5.75 Å². The molecule has 2 amide bonds. The number of carbonyl (C=O) groups excluding carboxylic acids is 1. The van der Waals surface area contributed by atoms with Gasteiger partial charge < -0.3 is 29.9 Å². The van der Waals surface area contributed by atoms with E-state index in [0.29, 0.717) is 13.1 Å². The average Bonchev–Trinajstić information content (AvgIpc) is 3.28. The number of nitrogens with zero attached hydrogens (tertiary/aromatic N) is 2. The van der Waals surface area contributed by atoms with Crippen molar-refractivity contribution in [2.45, 2.75) is 69.7 Å². The maximum atomic E-state index is 13.3. The second-order valence-electron chi connectivity index (χ2n) is 11.0. The Morgan fingerprint density at radius 3 is 2.69 bits per heavy atom. The van der Waals surface area contributed by atoms with Crippen LogP contribution in [0.1, 0.15) is 75.6 Å². The van der Waals surface area contributed by atoms with Crippen LogP contribution in [0.3, 0.4) is 0 Å². The van der Waals surface area contributed by atoms with Crippen LogP contribution in [0.5, 0.6) is 5.75 Å². The molecule has 192 valence electrons. The van der Waals surface area contributed by atoms with Crippen LogP contribution in [-0.4, -0.2) is 72.4 Å². The molecule has 1 saturated heterocycles. The standard InChI is InChI=1S/C28H42N4O3/c1-3-13-29-27(34)32-19-28(11-14-31(15-12-28)17-20-7-5-4-6-8-20)25-22-10-9-21(35-2)16-23(22)30-26(25)24(32)18-33/h9-10,16,20,24,30,33H,3-8,11-15,17-19H2,1-2H3,(H,29,34)/t24-/m0/s1. The zero-order chi connectivity index (χ0) is 24.4. The summed E-state index contributed by atoms with van der Waals surface area (Å²) < 4.78 is 5.48. The molecule has 1 atom stereocenters. The van der Waals surface area contributed by atoms with Gasteiger partial charge in [-0.05, 0) is 68.8 Å². The van der Waals surface area contributed by atoms with E-state index in [1.807, 2.05) is 17.0 Å². The highest BCUT2D eigenvalue weighted by Gasteiger charge is 2.48. The fourth-order valence-electron chi connectivity index (χ4n) is 6.86. The maximum absolute atomic E-state index is 13.3. The van der Waals surface area contributed by atoms with Gasteiger partial charge >= 0.3 is 6.03 Å². The molecule has 3 heterocycles. The molecule has 2 aliphatic heterocycles. The Morgan fingerprint density at radius 1 is 1.23 bits per heavy atom. The Hall–Kier alpha value is -2.25. The van der Waals surface area contributed by atoms with E-state index in [9.17, 15) is 9.90 Å². The summed E-state index contributed by atoms with van der Waals surface area (Å²) in [4.78, 5) is 21.4. The molecular weight excluding hydrogens is 440 g/mol. The summed E-state index contributed by atoms with van der Waals surface area (Å²) in [6, 6.07) is 5.77. The number of benzene rings is 1. The van der Waals surface area contributed by atoms with Gasteiger partial charge in [0.2, 0.25) is 0 Å². The third-order valence-electron chi connectivity index (χ3n) is 8.76. The number of hydrogen-bond acceptors (Lipinski definition) is 4. The van der Waals surface area contributed by atoms with Crippen molar-refractivity contribution < 1.29 is 14.6 Å². The van der Waals surface area contributed by atoms with Crippen molar-refractivity contribution in [2.75, 3.05) is 46.4 Å². The predicted molar refractivity (Wildman–Crippen MR) is 139 cm³/mol. The average molecular weight is 483 g/mol. The molecule has 1 spiro atoms. The summed E-state index contributed by atoms with van der Waals surface area (Å²) in [5.74, 6) is 1.65. The number of likely N-dealkylation sites (tertiary alicyclic amines) is 1. The number of H-pyrrole nitrogens is 1. The van der Waals surface area contributed by atoms with Crippen LogP contribution in [0.25, 0.3) is 10.9 Å². The van der Waals surface area contributed by atoms with Crippen molar-refractivity contribution in [1.82, 2.24) is 20.1 Å². The first-order chi connectivity index (χ1) is 17.1. The molecule has 3 aliphatic rings. The first-order valence-corrected chi connectivity index (χ1v) is 13.7. The summed E-state index contributed by atoms with van der Waals surface area (Å²) >= 11 is 0. The molecule has 3 N–H and O–H groups in total. The molecule has 1 aromatic heterocycles. The molecule has 0 radical (unpaired) electrons. The molecule has 1 aromatic carbocycles. The van der Waals surface area contributed by atoms with Crippen LogP contribution in [0.2, 0.25) is 0 Å². The number of ether oxygens (including phenoxy) is 1. The highest BCUT2D eigenvalue weighted by Crippen LogP contribution is 2.49. The van der Waals surface area contributed by atoms with E-state index in [0.717, 1.165) is 55.2 Å². The smallest absolute Gasteiger partial charge is 0.318 e. The molecule has 7 nitrogen and oxygen atoms in total. The van der Waals surface area contributed by atoms with Gasteiger partial charge in [-0.2, -0.15) is 0 Å². The van der Waals surface area contributed by atoms with E-state index in [1.54, 1.807) is 7.11 Å². The topological polar surface area (TPSA) is 80.8 Å². The molecule has 7 heteroatoms. The number of carbonyl (C=O) groups is 1. The highest BCUT2D eigenvalue weighted by molar-refractivity contribution is 5.88. The van der Waals surface area contributed by atoms with Gasteiger partial charge in [-0.15, -0.1) is 0 Å². The van der Waals surface area contributed by atoms with Gasteiger partial charge in [0.25, 0.3) is 0 Å². The van der Waals surface area contributed by atoms with Crippen LogP contribution in [0.4, 0.5) is 4.79 Å².